The van der Waals surface area contributed by atoms with Crippen LogP contribution in [0.25, 0.3) is 10.8 Å². The Morgan fingerprint density at radius 3 is 2.29 bits per heavy atom. The molecule has 5 aromatic rings. The predicted molar refractivity (Wildman–Crippen MR) is 164 cm³/mol. The summed E-state index contributed by atoms with van der Waals surface area (Å²) >= 11 is 0. The Morgan fingerprint density at radius 2 is 1.52 bits per heavy atom. The first kappa shape index (κ1) is 28.4. The molecule has 0 aliphatic rings. The molecule has 0 atom stereocenters. The van der Waals surface area contributed by atoms with Crippen LogP contribution >= 0.6 is 0 Å². The van der Waals surface area contributed by atoms with Crippen molar-refractivity contribution in [2.24, 2.45) is 5.10 Å². The fraction of sp³-hybridized carbons (Fsp3) is 0.0909. The van der Waals surface area contributed by atoms with E-state index in [1.807, 2.05) is 42.5 Å². The number of anilines is 1. The molecule has 5 aromatic carbocycles. The van der Waals surface area contributed by atoms with Crippen molar-refractivity contribution in [3.05, 3.63) is 132 Å². The first-order valence-electron chi connectivity index (χ1n) is 13.2. The molecule has 0 bridgehead atoms. The molecule has 0 aliphatic carbocycles. The SMILES string of the molecule is COc1ccccc1N(CC(=O)N/N=C\c1ccc(OCc2ccc3ccccc3c2)cc1)S(=O)(=O)c1ccccc1. The van der Waals surface area contributed by atoms with Crippen molar-refractivity contribution in [3.8, 4) is 11.5 Å². The standard InChI is InChI=1S/C33H29N3O5S/c1-40-32-14-8-7-13-31(32)36(42(38,39)30-11-3-2-4-12-30)23-33(37)35-34-22-25-16-19-29(20-17-25)41-24-26-15-18-27-9-5-6-10-28(27)21-26/h2-22H,23-24H2,1H3,(H,35,37)/b34-22-. The predicted octanol–water partition coefficient (Wildman–Crippen LogP) is 5.77. The molecule has 0 saturated heterocycles. The van der Waals surface area contributed by atoms with Crippen LogP contribution in [0.3, 0.4) is 0 Å². The zero-order chi connectivity index (χ0) is 29.4. The summed E-state index contributed by atoms with van der Waals surface area (Å²) in [7, 11) is -2.63. The number of benzene rings is 5. The molecule has 0 aliphatic heterocycles. The highest BCUT2D eigenvalue weighted by Gasteiger charge is 2.29. The summed E-state index contributed by atoms with van der Waals surface area (Å²) in [6, 6.07) is 36.2. The number of nitrogens with zero attached hydrogens (tertiary/aromatic N) is 2. The van der Waals surface area contributed by atoms with E-state index in [0.717, 1.165) is 20.8 Å². The second-order valence-corrected chi connectivity index (χ2v) is 11.2. The Bertz CT molecular complexity index is 1810. The first-order valence-corrected chi connectivity index (χ1v) is 14.6. The summed E-state index contributed by atoms with van der Waals surface area (Å²) in [4.78, 5) is 12.9. The van der Waals surface area contributed by atoms with Gasteiger partial charge < -0.3 is 9.47 Å². The van der Waals surface area contributed by atoms with Crippen molar-refractivity contribution in [2.75, 3.05) is 18.0 Å². The average Bonchev–Trinajstić information content (AvgIpc) is 3.03. The third-order valence-electron chi connectivity index (χ3n) is 6.47. The molecule has 8 nitrogen and oxygen atoms in total. The van der Waals surface area contributed by atoms with Crippen LogP contribution in [0.15, 0.2) is 131 Å². The van der Waals surface area contributed by atoms with Crippen LogP contribution in [-0.4, -0.2) is 34.2 Å². The summed E-state index contributed by atoms with van der Waals surface area (Å²) in [5.41, 5.74) is 4.46. The largest absolute Gasteiger partial charge is 0.495 e. The third-order valence-corrected chi connectivity index (χ3v) is 8.25. The number of hydrogen-bond donors (Lipinski definition) is 1. The van der Waals surface area contributed by atoms with Crippen molar-refractivity contribution >= 4 is 38.6 Å². The Balaban J connectivity index is 1.22. The normalized spacial score (nSPS) is 11.4. The van der Waals surface area contributed by atoms with E-state index in [1.54, 1.807) is 42.5 Å². The first-order chi connectivity index (χ1) is 20.4. The number of ether oxygens (including phenoxy) is 2. The number of para-hydroxylation sites is 2. The summed E-state index contributed by atoms with van der Waals surface area (Å²) < 4.78 is 39.3. The van der Waals surface area contributed by atoms with Gasteiger partial charge in [0.1, 0.15) is 24.7 Å². The summed E-state index contributed by atoms with van der Waals surface area (Å²) in [6.07, 6.45) is 1.48. The maximum atomic E-state index is 13.5. The molecule has 0 radical (unpaired) electrons. The highest BCUT2D eigenvalue weighted by molar-refractivity contribution is 7.92. The van der Waals surface area contributed by atoms with Gasteiger partial charge in [0, 0.05) is 0 Å². The van der Waals surface area contributed by atoms with Crippen LogP contribution in [-0.2, 0) is 21.4 Å². The van der Waals surface area contributed by atoms with E-state index in [1.165, 1.54) is 30.8 Å². The maximum Gasteiger partial charge on any atom is 0.264 e. The third kappa shape index (κ3) is 6.76. The minimum Gasteiger partial charge on any atom is -0.495 e. The molecule has 0 saturated carbocycles. The van der Waals surface area contributed by atoms with Gasteiger partial charge in [-0.25, -0.2) is 13.8 Å². The summed E-state index contributed by atoms with van der Waals surface area (Å²) in [6.45, 7) is -0.0700. The van der Waals surface area contributed by atoms with Crippen molar-refractivity contribution < 1.29 is 22.7 Å². The quantitative estimate of drug-likeness (QED) is 0.158. The lowest BCUT2D eigenvalue weighted by atomic mass is 10.1. The monoisotopic (exact) mass is 579 g/mol. The Labute approximate surface area is 244 Å². The second-order valence-electron chi connectivity index (χ2n) is 9.33. The number of hydrazone groups is 1. The number of sulfonamides is 1. The van der Waals surface area contributed by atoms with Gasteiger partial charge in [0.05, 0.1) is 23.9 Å². The molecule has 0 aromatic heterocycles. The number of nitrogens with one attached hydrogen (secondary N) is 1. The van der Waals surface area contributed by atoms with Crippen LogP contribution in [0.5, 0.6) is 11.5 Å². The van der Waals surface area contributed by atoms with Crippen LogP contribution in [0.4, 0.5) is 5.69 Å². The molecule has 0 unspecified atom stereocenters. The van der Waals surface area contributed by atoms with Gasteiger partial charge in [-0.05, 0) is 76.5 Å². The van der Waals surface area contributed by atoms with Gasteiger partial charge in [-0.3, -0.25) is 9.10 Å². The van der Waals surface area contributed by atoms with E-state index in [9.17, 15) is 13.2 Å². The van der Waals surface area contributed by atoms with Gasteiger partial charge in [-0.2, -0.15) is 5.10 Å². The number of carbonyl (C=O) groups is 1. The van der Waals surface area contributed by atoms with E-state index in [-0.39, 0.29) is 10.6 Å². The zero-order valence-corrected chi connectivity index (χ0v) is 23.7. The highest BCUT2D eigenvalue weighted by Crippen LogP contribution is 2.32. The molecule has 1 amide bonds. The fourth-order valence-corrected chi connectivity index (χ4v) is 5.80. The lowest BCUT2D eigenvalue weighted by Gasteiger charge is -2.25. The molecular weight excluding hydrogens is 550 g/mol. The smallest absolute Gasteiger partial charge is 0.264 e. The van der Waals surface area contributed by atoms with Crippen LogP contribution in [0.1, 0.15) is 11.1 Å². The fourth-order valence-electron chi connectivity index (χ4n) is 4.35. The molecule has 0 heterocycles. The van der Waals surface area contributed by atoms with Gasteiger partial charge in [0.2, 0.25) is 0 Å². The number of hydrogen-bond acceptors (Lipinski definition) is 6. The highest BCUT2D eigenvalue weighted by atomic mass is 32.2. The van der Waals surface area contributed by atoms with Crippen LogP contribution in [0.2, 0.25) is 0 Å². The van der Waals surface area contributed by atoms with Crippen LogP contribution < -0.4 is 19.2 Å². The molecule has 42 heavy (non-hydrogen) atoms. The van der Waals surface area contributed by atoms with Gasteiger partial charge in [0.15, 0.2) is 0 Å². The Hall–Kier alpha value is -5.15. The van der Waals surface area contributed by atoms with Crippen molar-refractivity contribution in [2.45, 2.75) is 11.5 Å². The number of carbonyl (C=O) groups excluding carboxylic acids is 1. The molecule has 212 valence electrons. The molecule has 1 N–H and O–H groups in total. The van der Waals surface area contributed by atoms with E-state index in [4.69, 9.17) is 9.47 Å². The van der Waals surface area contributed by atoms with Gasteiger partial charge in [-0.1, -0.05) is 66.7 Å². The average molecular weight is 580 g/mol. The summed E-state index contributed by atoms with van der Waals surface area (Å²) in [5.74, 6) is 0.395. The van der Waals surface area contributed by atoms with Gasteiger partial charge in [-0.15, -0.1) is 0 Å². The number of fused-ring (bicyclic) bond motifs is 1. The molecule has 0 fully saturated rings. The lowest BCUT2D eigenvalue weighted by Crippen LogP contribution is -2.39. The molecule has 9 heteroatoms. The number of amides is 1. The van der Waals surface area contributed by atoms with Crippen molar-refractivity contribution in [3.63, 3.8) is 0 Å². The maximum absolute atomic E-state index is 13.5. The van der Waals surface area contributed by atoms with Crippen molar-refractivity contribution in [1.29, 1.82) is 0 Å². The minimum atomic E-state index is -4.07. The number of rotatable bonds is 11. The van der Waals surface area contributed by atoms with Crippen molar-refractivity contribution in [1.82, 2.24) is 5.43 Å². The molecule has 0 spiro atoms. The van der Waals surface area contributed by atoms with Crippen LogP contribution in [0, 0.1) is 0 Å². The van der Waals surface area contributed by atoms with E-state index >= 15 is 0 Å². The lowest BCUT2D eigenvalue weighted by molar-refractivity contribution is -0.119. The van der Waals surface area contributed by atoms with E-state index in [0.29, 0.717) is 18.1 Å². The van der Waals surface area contributed by atoms with Gasteiger partial charge >= 0.3 is 0 Å². The molecular formula is C33H29N3O5S. The second kappa shape index (κ2) is 13.0. The summed E-state index contributed by atoms with van der Waals surface area (Å²) in [5, 5.41) is 6.37. The minimum absolute atomic E-state index is 0.0510. The van der Waals surface area contributed by atoms with E-state index in [2.05, 4.69) is 34.8 Å². The zero-order valence-electron chi connectivity index (χ0n) is 22.9. The molecule has 5 rings (SSSR count). The Kier molecular flexibility index (Phi) is 8.79. The Morgan fingerprint density at radius 1 is 0.833 bits per heavy atom. The number of methoxy groups -OCH3 is 1. The van der Waals surface area contributed by atoms with Gasteiger partial charge in [0.25, 0.3) is 15.9 Å². The van der Waals surface area contributed by atoms with E-state index < -0.39 is 22.5 Å². The topological polar surface area (TPSA) is 97.3 Å².